The van der Waals surface area contributed by atoms with Crippen molar-refractivity contribution < 1.29 is 13.9 Å². The van der Waals surface area contributed by atoms with Crippen LogP contribution in [0.15, 0.2) is 70.5 Å². The molecule has 110 valence electrons. The zero-order valence-electron chi connectivity index (χ0n) is 11.8. The molecule has 2 heterocycles. The van der Waals surface area contributed by atoms with Gasteiger partial charge in [0.15, 0.2) is 5.78 Å². The summed E-state index contributed by atoms with van der Waals surface area (Å²) in [4.78, 5) is 12.6. The lowest BCUT2D eigenvalue weighted by Gasteiger charge is -2.02. The van der Waals surface area contributed by atoms with Crippen LogP contribution >= 0.6 is 11.3 Å². The Morgan fingerprint density at radius 1 is 1.09 bits per heavy atom. The highest BCUT2D eigenvalue weighted by molar-refractivity contribution is 7.12. The molecule has 0 radical (unpaired) electrons. The fourth-order valence-electron chi connectivity index (χ4n) is 1.89. The summed E-state index contributed by atoms with van der Waals surface area (Å²) in [5, 5.41) is 1.88. The van der Waals surface area contributed by atoms with Crippen LogP contribution in [0.3, 0.4) is 0 Å². The van der Waals surface area contributed by atoms with Crippen LogP contribution in [-0.2, 0) is 6.61 Å². The summed E-state index contributed by atoms with van der Waals surface area (Å²) >= 11 is 1.43. The van der Waals surface area contributed by atoms with Gasteiger partial charge >= 0.3 is 0 Å². The molecule has 4 heteroatoms. The fourth-order valence-corrected chi connectivity index (χ4v) is 2.54. The van der Waals surface area contributed by atoms with Crippen LogP contribution < -0.4 is 4.74 Å². The molecule has 0 saturated carbocycles. The molecule has 1 aromatic carbocycles. The first-order valence-corrected chi connectivity index (χ1v) is 7.72. The van der Waals surface area contributed by atoms with Crippen LogP contribution in [0.1, 0.15) is 21.2 Å². The van der Waals surface area contributed by atoms with E-state index in [0.29, 0.717) is 18.1 Å². The molecule has 0 aliphatic heterocycles. The first-order chi connectivity index (χ1) is 10.8. The summed E-state index contributed by atoms with van der Waals surface area (Å²) in [5.74, 6) is 2.13. The smallest absolute Gasteiger partial charge is 0.195 e. The molecule has 0 saturated heterocycles. The number of benzene rings is 1. The molecule has 0 atom stereocenters. The van der Waals surface area contributed by atoms with Crippen LogP contribution in [0.2, 0.25) is 0 Å². The Balaban J connectivity index is 1.58. The SMILES string of the molecule is O=C(/C=C/c1ccc(COc2ccccc2)o1)c1cccs1. The molecule has 0 bridgehead atoms. The van der Waals surface area contributed by atoms with Gasteiger partial charge in [-0.05, 0) is 47.9 Å². The third-order valence-electron chi connectivity index (χ3n) is 2.97. The Hall–Kier alpha value is -2.59. The molecule has 22 heavy (non-hydrogen) atoms. The fraction of sp³-hybridized carbons (Fsp3) is 0.0556. The number of hydrogen-bond acceptors (Lipinski definition) is 4. The van der Waals surface area contributed by atoms with Gasteiger partial charge in [0, 0.05) is 0 Å². The molecule has 0 aliphatic rings. The average Bonchev–Trinajstić information content (AvgIpc) is 3.23. The van der Waals surface area contributed by atoms with Crippen molar-refractivity contribution in [3.63, 3.8) is 0 Å². The number of furan rings is 1. The van der Waals surface area contributed by atoms with Gasteiger partial charge in [0.25, 0.3) is 0 Å². The van der Waals surface area contributed by atoms with Crippen molar-refractivity contribution in [3.05, 3.63) is 82.5 Å². The summed E-state index contributed by atoms with van der Waals surface area (Å²) < 4.78 is 11.2. The van der Waals surface area contributed by atoms with E-state index < -0.39 is 0 Å². The van der Waals surface area contributed by atoms with Gasteiger partial charge in [-0.25, -0.2) is 0 Å². The number of ether oxygens (including phenoxy) is 1. The van der Waals surface area contributed by atoms with E-state index in [2.05, 4.69) is 0 Å². The number of allylic oxidation sites excluding steroid dienone is 1. The maximum Gasteiger partial charge on any atom is 0.195 e. The Morgan fingerprint density at radius 3 is 2.73 bits per heavy atom. The van der Waals surface area contributed by atoms with E-state index in [4.69, 9.17) is 9.15 Å². The molecule has 3 aromatic rings. The first kappa shape index (κ1) is 14.4. The summed E-state index contributed by atoms with van der Waals surface area (Å²) in [6.07, 6.45) is 3.20. The normalized spacial score (nSPS) is 10.9. The van der Waals surface area contributed by atoms with Crippen LogP contribution in [0.4, 0.5) is 0 Å². The lowest BCUT2D eigenvalue weighted by Crippen LogP contribution is -1.92. The van der Waals surface area contributed by atoms with E-state index in [1.807, 2.05) is 53.9 Å². The minimum absolute atomic E-state index is 0.0199. The van der Waals surface area contributed by atoms with E-state index in [1.54, 1.807) is 12.1 Å². The predicted molar refractivity (Wildman–Crippen MR) is 87.2 cm³/mol. The zero-order chi connectivity index (χ0) is 15.2. The van der Waals surface area contributed by atoms with Gasteiger partial charge in [-0.2, -0.15) is 0 Å². The Labute approximate surface area is 132 Å². The molecule has 0 fully saturated rings. The van der Waals surface area contributed by atoms with Gasteiger partial charge in [0.05, 0.1) is 4.88 Å². The van der Waals surface area contributed by atoms with Crippen molar-refractivity contribution in [1.29, 1.82) is 0 Å². The molecule has 0 unspecified atom stereocenters. The maximum atomic E-state index is 11.9. The molecule has 0 N–H and O–H groups in total. The number of ketones is 1. The Bertz CT molecular complexity index is 755. The Morgan fingerprint density at radius 2 is 1.95 bits per heavy atom. The van der Waals surface area contributed by atoms with Crippen LogP contribution in [0, 0.1) is 0 Å². The predicted octanol–water partition coefficient (Wildman–Crippen LogP) is 4.82. The van der Waals surface area contributed by atoms with Gasteiger partial charge in [-0.3, -0.25) is 4.79 Å². The van der Waals surface area contributed by atoms with Crippen molar-refractivity contribution in [3.8, 4) is 5.75 Å². The van der Waals surface area contributed by atoms with Crippen molar-refractivity contribution in [2.45, 2.75) is 6.61 Å². The van der Waals surface area contributed by atoms with E-state index in [0.717, 1.165) is 10.6 Å². The van der Waals surface area contributed by atoms with E-state index in [-0.39, 0.29) is 5.78 Å². The third-order valence-corrected chi connectivity index (χ3v) is 3.85. The van der Waals surface area contributed by atoms with Crippen LogP contribution in [-0.4, -0.2) is 5.78 Å². The number of para-hydroxylation sites is 1. The van der Waals surface area contributed by atoms with Gasteiger partial charge in [-0.1, -0.05) is 24.3 Å². The second-order valence-corrected chi connectivity index (χ2v) is 5.53. The molecule has 2 aromatic heterocycles. The lowest BCUT2D eigenvalue weighted by atomic mass is 10.3. The standard InChI is InChI=1S/C18H14O3S/c19-17(18-7-4-12-22-18)11-10-15-8-9-16(21-15)13-20-14-5-2-1-3-6-14/h1-12H,13H2/b11-10+. The highest BCUT2D eigenvalue weighted by Gasteiger charge is 2.04. The van der Waals surface area contributed by atoms with Crippen LogP contribution in [0.25, 0.3) is 6.08 Å². The average molecular weight is 310 g/mol. The molecule has 0 aliphatic carbocycles. The second-order valence-electron chi connectivity index (χ2n) is 4.58. The highest BCUT2D eigenvalue weighted by atomic mass is 32.1. The Kier molecular flexibility index (Phi) is 4.51. The van der Waals surface area contributed by atoms with Gasteiger partial charge in [0.1, 0.15) is 23.9 Å². The van der Waals surface area contributed by atoms with Crippen LogP contribution in [0.5, 0.6) is 5.75 Å². The van der Waals surface area contributed by atoms with Gasteiger partial charge < -0.3 is 9.15 Å². The van der Waals surface area contributed by atoms with E-state index in [1.165, 1.54) is 17.4 Å². The number of thiophene rings is 1. The second kappa shape index (κ2) is 6.91. The maximum absolute atomic E-state index is 11.9. The molecule has 0 spiro atoms. The zero-order valence-corrected chi connectivity index (χ0v) is 12.6. The summed E-state index contributed by atoms with van der Waals surface area (Å²) in [6.45, 7) is 0.358. The monoisotopic (exact) mass is 310 g/mol. The largest absolute Gasteiger partial charge is 0.486 e. The molecular formula is C18H14O3S. The first-order valence-electron chi connectivity index (χ1n) is 6.84. The molecule has 3 nitrogen and oxygen atoms in total. The highest BCUT2D eigenvalue weighted by Crippen LogP contribution is 2.16. The van der Waals surface area contributed by atoms with Crippen molar-refractivity contribution in [2.24, 2.45) is 0 Å². The summed E-state index contributed by atoms with van der Waals surface area (Å²) in [6, 6.07) is 16.9. The quantitative estimate of drug-likeness (QED) is 0.484. The van der Waals surface area contributed by atoms with Crippen molar-refractivity contribution in [2.75, 3.05) is 0 Å². The summed E-state index contributed by atoms with van der Waals surface area (Å²) in [7, 11) is 0. The van der Waals surface area contributed by atoms with E-state index >= 15 is 0 Å². The topological polar surface area (TPSA) is 39.4 Å². The number of hydrogen-bond donors (Lipinski definition) is 0. The lowest BCUT2D eigenvalue weighted by molar-refractivity contribution is 0.105. The van der Waals surface area contributed by atoms with Gasteiger partial charge in [-0.15, -0.1) is 11.3 Å². The number of rotatable bonds is 6. The van der Waals surface area contributed by atoms with E-state index in [9.17, 15) is 4.79 Å². The van der Waals surface area contributed by atoms with Crippen molar-refractivity contribution >= 4 is 23.2 Å². The molecular weight excluding hydrogens is 296 g/mol. The number of carbonyl (C=O) groups is 1. The minimum Gasteiger partial charge on any atom is -0.486 e. The molecule has 0 amide bonds. The summed E-state index contributed by atoms with van der Waals surface area (Å²) in [5.41, 5.74) is 0. The van der Waals surface area contributed by atoms with Gasteiger partial charge in [0.2, 0.25) is 0 Å². The third kappa shape index (κ3) is 3.74. The molecule has 3 rings (SSSR count). The minimum atomic E-state index is -0.0199. The van der Waals surface area contributed by atoms with Crippen molar-refractivity contribution in [1.82, 2.24) is 0 Å². The number of carbonyl (C=O) groups excluding carboxylic acids is 1.